The fourth-order valence-electron chi connectivity index (χ4n) is 3.60. The van der Waals surface area contributed by atoms with E-state index in [1.165, 1.54) is 0 Å². The number of aromatic amines is 1. The van der Waals surface area contributed by atoms with Crippen molar-refractivity contribution in [2.45, 2.75) is 33.4 Å². The third kappa shape index (κ3) is 4.18. The van der Waals surface area contributed by atoms with Crippen LogP contribution < -0.4 is 15.0 Å². The third-order valence-electron chi connectivity index (χ3n) is 5.11. The summed E-state index contributed by atoms with van der Waals surface area (Å²) in [5, 5.41) is 0. The van der Waals surface area contributed by atoms with Crippen molar-refractivity contribution >= 4 is 0 Å². The van der Waals surface area contributed by atoms with Crippen LogP contribution in [0.25, 0.3) is 11.5 Å². The van der Waals surface area contributed by atoms with E-state index in [4.69, 9.17) is 9.47 Å². The number of methoxy groups -OCH3 is 1. The van der Waals surface area contributed by atoms with Gasteiger partial charge in [0, 0.05) is 32.3 Å². The molecule has 0 bridgehead atoms. The Hall–Kier alpha value is -3.26. The van der Waals surface area contributed by atoms with Crippen molar-refractivity contribution in [2.24, 2.45) is 0 Å². The summed E-state index contributed by atoms with van der Waals surface area (Å²) in [7, 11) is 1.64. The maximum atomic E-state index is 12.7. The number of aromatic nitrogens is 4. The molecule has 1 aromatic carbocycles. The van der Waals surface area contributed by atoms with Gasteiger partial charge in [-0.1, -0.05) is 6.07 Å². The lowest BCUT2D eigenvalue weighted by Crippen LogP contribution is -2.35. The van der Waals surface area contributed by atoms with Gasteiger partial charge in [-0.2, -0.15) is 0 Å². The monoisotopic (exact) mass is 407 g/mol. The van der Waals surface area contributed by atoms with E-state index in [0.717, 1.165) is 35.0 Å². The van der Waals surface area contributed by atoms with Crippen LogP contribution in [0.15, 0.2) is 35.4 Å². The second-order valence-corrected chi connectivity index (χ2v) is 7.26. The van der Waals surface area contributed by atoms with Crippen LogP contribution in [-0.4, -0.2) is 45.1 Å². The zero-order chi connectivity index (χ0) is 21.1. The van der Waals surface area contributed by atoms with Gasteiger partial charge in [0.2, 0.25) is 0 Å². The van der Waals surface area contributed by atoms with E-state index in [0.29, 0.717) is 43.2 Å². The predicted octanol–water partition coefficient (Wildman–Crippen LogP) is 2.50. The van der Waals surface area contributed by atoms with Crippen molar-refractivity contribution in [3.63, 3.8) is 0 Å². The standard InChI is InChI=1S/C22H25N5O3/c1-4-30-19-6-5-15(9-20(19)29-3)12-27-8-7-17-16(13-27)22(28)26-21(25-17)18-11-23-14(2)10-24-18/h5-6,9-11H,4,7-8,12-13H2,1-3H3,(H,25,26,28). The zero-order valence-electron chi connectivity index (χ0n) is 17.4. The zero-order valence-corrected chi connectivity index (χ0v) is 17.4. The van der Waals surface area contributed by atoms with Crippen LogP contribution in [0.4, 0.5) is 0 Å². The van der Waals surface area contributed by atoms with Gasteiger partial charge >= 0.3 is 0 Å². The van der Waals surface area contributed by atoms with Gasteiger partial charge in [-0.05, 0) is 31.5 Å². The molecule has 3 heterocycles. The van der Waals surface area contributed by atoms with Gasteiger partial charge in [0.1, 0.15) is 5.69 Å². The molecule has 156 valence electrons. The first kappa shape index (κ1) is 20.0. The summed E-state index contributed by atoms with van der Waals surface area (Å²) < 4.78 is 11.0. The first-order chi connectivity index (χ1) is 14.6. The predicted molar refractivity (Wildman–Crippen MR) is 113 cm³/mol. The number of ether oxygens (including phenoxy) is 2. The maximum absolute atomic E-state index is 12.7. The van der Waals surface area contributed by atoms with Gasteiger partial charge < -0.3 is 14.5 Å². The molecule has 0 aliphatic carbocycles. The Kier molecular flexibility index (Phi) is 5.76. The van der Waals surface area contributed by atoms with Crippen molar-refractivity contribution in [1.29, 1.82) is 0 Å². The normalized spacial score (nSPS) is 13.7. The first-order valence-electron chi connectivity index (χ1n) is 10.0. The van der Waals surface area contributed by atoms with Crippen LogP contribution in [0.5, 0.6) is 11.5 Å². The number of benzene rings is 1. The summed E-state index contributed by atoms with van der Waals surface area (Å²) in [6.07, 6.45) is 4.01. The Morgan fingerprint density at radius 3 is 2.80 bits per heavy atom. The quantitative estimate of drug-likeness (QED) is 0.671. The Balaban J connectivity index is 1.53. The Labute approximate surface area is 174 Å². The van der Waals surface area contributed by atoms with Crippen LogP contribution in [0, 0.1) is 6.92 Å². The lowest BCUT2D eigenvalue weighted by atomic mass is 10.1. The molecule has 1 N–H and O–H groups in total. The van der Waals surface area contributed by atoms with Crippen molar-refractivity contribution in [3.05, 3.63) is 63.5 Å². The van der Waals surface area contributed by atoms with Crippen LogP contribution in [-0.2, 0) is 19.5 Å². The van der Waals surface area contributed by atoms with Gasteiger partial charge in [-0.3, -0.25) is 14.7 Å². The first-order valence-corrected chi connectivity index (χ1v) is 10.0. The fraction of sp³-hybridized carbons (Fsp3) is 0.364. The molecular weight excluding hydrogens is 382 g/mol. The summed E-state index contributed by atoms with van der Waals surface area (Å²) in [5.41, 5.74) is 3.92. The van der Waals surface area contributed by atoms with E-state index < -0.39 is 0 Å². The lowest BCUT2D eigenvalue weighted by Gasteiger charge is -2.28. The maximum Gasteiger partial charge on any atom is 0.255 e. The Morgan fingerprint density at radius 1 is 1.20 bits per heavy atom. The summed E-state index contributed by atoms with van der Waals surface area (Å²) in [4.78, 5) is 31.0. The molecule has 2 aromatic heterocycles. The third-order valence-corrected chi connectivity index (χ3v) is 5.11. The number of fused-ring (bicyclic) bond motifs is 1. The highest BCUT2D eigenvalue weighted by Crippen LogP contribution is 2.29. The van der Waals surface area contributed by atoms with E-state index in [2.05, 4.69) is 24.8 Å². The number of nitrogens with one attached hydrogen (secondary N) is 1. The largest absolute Gasteiger partial charge is 0.493 e. The molecule has 1 aliphatic heterocycles. The number of rotatable bonds is 6. The molecule has 4 rings (SSSR count). The van der Waals surface area contributed by atoms with E-state index in [-0.39, 0.29) is 5.56 Å². The van der Waals surface area contributed by atoms with Crippen LogP contribution in [0.1, 0.15) is 29.4 Å². The van der Waals surface area contributed by atoms with E-state index >= 15 is 0 Å². The van der Waals surface area contributed by atoms with Crippen molar-refractivity contribution in [2.75, 3.05) is 20.3 Å². The molecule has 8 heteroatoms. The summed E-state index contributed by atoms with van der Waals surface area (Å²) in [5.74, 6) is 1.92. The van der Waals surface area contributed by atoms with E-state index in [1.54, 1.807) is 19.5 Å². The summed E-state index contributed by atoms with van der Waals surface area (Å²) in [6, 6.07) is 5.95. The molecule has 0 unspecified atom stereocenters. The van der Waals surface area contributed by atoms with Gasteiger partial charge in [0.25, 0.3) is 5.56 Å². The van der Waals surface area contributed by atoms with Gasteiger partial charge in [0.05, 0.1) is 36.9 Å². The second-order valence-electron chi connectivity index (χ2n) is 7.26. The molecular formula is C22H25N5O3. The highest BCUT2D eigenvalue weighted by molar-refractivity contribution is 5.48. The molecule has 0 amide bonds. The molecule has 0 saturated carbocycles. The molecule has 0 saturated heterocycles. The van der Waals surface area contributed by atoms with Crippen molar-refractivity contribution in [3.8, 4) is 23.0 Å². The number of hydrogen-bond acceptors (Lipinski definition) is 7. The molecule has 0 radical (unpaired) electrons. The number of H-pyrrole nitrogens is 1. The minimum atomic E-state index is -0.119. The second kappa shape index (κ2) is 8.62. The van der Waals surface area contributed by atoms with Crippen LogP contribution in [0.2, 0.25) is 0 Å². The Morgan fingerprint density at radius 2 is 2.07 bits per heavy atom. The molecule has 0 atom stereocenters. The van der Waals surface area contributed by atoms with Crippen molar-refractivity contribution < 1.29 is 9.47 Å². The molecule has 30 heavy (non-hydrogen) atoms. The Bertz CT molecular complexity index is 1090. The molecule has 0 spiro atoms. The average Bonchev–Trinajstić information content (AvgIpc) is 2.76. The minimum Gasteiger partial charge on any atom is -0.493 e. The molecule has 0 fully saturated rings. The SMILES string of the molecule is CCOc1ccc(CN2CCc3nc(-c4cnc(C)cn4)[nH]c(=O)c3C2)cc1OC. The summed E-state index contributed by atoms with van der Waals surface area (Å²) >= 11 is 0. The van der Waals surface area contributed by atoms with Crippen LogP contribution in [0.3, 0.4) is 0 Å². The smallest absolute Gasteiger partial charge is 0.255 e. The van der Waals surface area contributed by atoms with Gasteiger partial charge in [-0.15, -0.1) is 0 Å². The van der Waals surface area contributed by atoms with Gasteiger partial charge in [0.15, 0.2) is 17.3 Å². The van der Waals surface area contributed by atoms with Crippen LogP contribution >= 0.6 is 0 Å². The highest BCUT2D eigenvalue weighted by Gasteiger charge is 2.22. The van der Waals surface area contributed by atoms with Crippen molar-refractivity contribution in [1.82, 2.24) is 24.8 Å². The topological polar surface area (TPSA) is 93.2 Å². The number of hydrogen-bond donors (Lipinski definition) is 1. The lowest BCUT2D eigenvalue weighted by molar-refractivity contribution is 0.241. The number of aryl methyl sites for hydroxylation is 1. The molecule has 1 aliphatic rings. The highest BCUT2D eigenvalue weighted by atomic mass is 16.5. The summed E-state index contributed by atoms with van der Waals surface area (Å²) in [6.45, 7) is 6.48. The molecule has 8 nitrogen and oxygen atoms in total. The van der Waals surface area contributed by atoms with E-state index in [9.17, 15) is 4.79 Å². The van der Waals surface area contributed by atoms with E-state index in [1.807, 2.05) is 32.0 Å². The minimum absolute atomic E-state index is 0.119. The number of nitrogens with zero attached hydrogens (tertiary/aromatic N) is 4. The van der Waals surface area contributed by atoms with Gasteiger partial charge in [-0.25, -0.2) is 9.97 Å². The fourth-order valence-corrected chi connectivity index (χ4v) is 3.60. The average molecular weight is 407 g/mol. The molecule has 3 aromatic rings.